The Hall–Kier alpha value is -2.26. The Morgan fingerprint density at radius 3 is 2.50 bits per heavy atom. The average Bonchev–Trinajstić information content (AvgIpc) is 2.83. The van der Waals surface area contributed by atoms with Crippen molar-refractivity contribution in [2.45, 2.75) is 13.0 Å². The van der Waals surface area contributed by atoms with E-state index >= 15 is 0 Å². The van der Waals surface area contributed by atoms with E-state index in [2.05, 4.69) is 42.4 Å². The van der Waals surface area contributed by atoms with Gasteiger partial charge in [0.05, 0.1) is 41.4 Å². The largest absolute Gasteiger partial charge is 0.497 e. The molecule has 0 unspecified atom stereocenters. The molecule has 3 aromatic rings. The summed E-state index contributed by atoms with van der Waals surface area (Å²) in [7, 11) is 3.12. The van der Waals surface area contributed by atoms with E-state index in [4.69, 9.17) is 37.4 Å². The molecule has 34 heavy (non-hydrogen) atoms. The fourth-order valence-electron chi connectivity index (χ4n) is 2.95. The number of hydrogen-bond acceptors (Lipinski definition) is 5. The number of hydrazone groups is 1. The summed E-state index contributed by atoms with van der Waals surface area (Å²) in [4.78, 5) is 12.2. The summed E-state index contributed by atoms with van der Waals surface area (Å²) in [5.74, 6) is 1.42. The summed E-state index contributed by atoms with van der Waals surface area (Å²) in [6, 6.07) is 14.3. The van der Waals surface area contributed by atoms with Crippen molar-refractivity contribution in [2.75, 3.05) is 14.2 Å². The molecule has 178 valence electrons. The van der Waals surface area contributed by atoms with Crippen LogP contribution in [-0.4, -0.2) is 26.3 Å². The van der Waals surface area contributed by atoms with Crippen LogP contribution >= 0.6 is 55.1 Å². The maximum atomic E-state index is 12.2. The molecule has 10 heteroatoms. The first-order valence-corrected chi connectivity index (χ1v) is 12.2. The molecule has 0 aliphatic carbocycles. The van der Waals surface area contributed by atoms with Gasteiger partial charge in [-0.2, -0.15) is 5.10 Å². The molecule has 0 saturated heterocycles. The van der Waals surface area contributed by atoms with E-state index < -0.39 is 0 Å². The third-order valence-corrected chi connectivity index (χ3v) is 7.52. The van der Waals surface area contributed by atoms with Gasteiger partial charge in [-0.25, -0.2) is 5.43 Å². The van der Waals surface area contributed by atoms with Crippen LogP contribution in [0.3, 0.4) is 0 Å². The van der Waals surface area contributed by atoms with Crippen molar-refractivity contribution >= 4 is 67.2 Å². The Morgan fingerprint density at radius 2 is 1.79 bits per heavy atom. The van der Waals surface area contributed by atoms with Gasteiger partial charge < -0.3 is 14.2 Å². The monoisotopic (exact) mass is 628 g/mol. The first-order chi connectivity index (χ1) is 16.3. The fourth-order valence-corrected chi connectivity index (χ4v) is 4.21. The molecule has 6 nitrogen and oxygen atoms in total. The number of carbonyl (C=O) groups is 1. The highest BCUT2D eigenvalue weighted by atomic mass is 79.9. The number of methoxy groups -OCH3 is 2. The van der Waals surface area contributed by atoms with Gasteiger partial charge in [0.15, 0.2) is 11.5 Å². The van der Waals surface area contributed by atoms with Gasteiger partial charge in [-0.3, -0.25) is 4.79 Å². The SMILES string of the molecule is COc1cccc(CC(=O)N/N=C/c2cc(OC)c(OCc3ccc(Cl)c(Cl)c3)c(Br)c2Br)c1. The topological polar surface area (TPSA) is 69.2 Å². The van der Waals surface area contributed by atoms with Crippen molar-refractivity contribution in [3.63, 3.8) is 0 Å². The lowest BCUT2D eigenvalue weighted by atomic mass is 10.1. The highest BCUT2D eigenvalue weighted by Crippen LogP contribution is 2.42. The van der Waals surface area contributed by atoms with Gasteiger partial charge in [0, 0.05) is 10.0 Å². The first kappa shape index (κ1) is 26.3. The number of nitrogens with zero attached hydrogens (tertiary/aromatic N) is 1. The van der Waals surface area contributed by atoms with E-state index in [1.165, 1.54) is 6.21 Å². The van der Waals surface area contributed by atoms with E-state index in [1.807, 2.05) is 24.3 Å². The van der Waals surface area contributed by atoms with Crippen molar-refractivity contribution in [3.05, 3.63) is 84.2 Å². The lowest BCUT2D eigenvalue weighted by Gasteiger charge is -2.15. The Bertz CT molecular complexity index is 1220. The van der Waals surface area contributed by atoms with Gasteiger partial charge in [0.1, 0.15) is 12.4 Å². The Balaban J connectivity index is 1.69. The minimum absolute atomic E-state index is 0.171. The van der Waals surface area contributed by atoms with Crippen molar-refractivity contribution < 1.29 is 19.0 Å². The maximum absolute atomic E-state index is 12.2. The summed E-state index contributed by atoms with van der Waals surface area (Å²) in [5.41, 5.74) is 4.88. The van der Waals surface area contributed by atoms with Crippen LogP contribution in [0.15, 0.2) is 62.6 Å². The highest BCUT2D eigenvalue weighted by Gasteiger charge is 2.17. The quantitative estimate of drug-likeness (QED) is 0.208. The third-order valence-electron chi connectivity index (χ3n) is 4.63. The van der Waals surface area contributed by atoms with Crippen LogP contribution < -0.4 is 19.6 Å². The lowest BCUT2D eigenvalue weighted by molar-refractivity contribution is -0.120. The van der Waals surface area contributed by atoms with Crippen LogP contribution in [0.4, 0.5) is 0 Å². The summed E-state index contributed by atoms with van der Waals surface area (Å²) in [6.07, 6.45) is 1.69. The first-order valence-electron chi connectivity index (χ1n) is 9.90. The molecule has 0 spiro atoms. The molecular weight excluding hydrogens is 611 g/mol. The predicted octanol–water partition coefficient (Wildman–Crippen LogP) is 6.81. The Kier molecular flexibility index (Phi) is 9.64. The normalized spacial score (nSPS) is 10.9. The standard InChI is InChI=1S/C24H20Br2Cl2N2O4/c1-32-17-5-3-4-14(8-17)10-21(31)30-29-12-16-11-20(33-2)24(23(26)22(16)25)34-13-15-6-7-18(27)19(28)9-15/h3-9,11-12H,10,13H2,1-2H3,(H,30,31)/b29-12+. The number of rotatable bonds is 9. The van der Waals surface area contributed by atoms with Crippen LogP contribution in [0.1, 0.15) is 16.7 Å². The molecule has 0 atom stereocenters. The second kappa shape index (κ2) is 12.4. The molecule has 1 N–H and O–H groups in total. The molecule has 0 bridgehead atoms. The zero-order chi connectivity index (χ0) is 24.7. The number of nitrogens with one attached hydrogen (secondary N) is 1. The second-order valence-corrected chi connectivity index (χ2v) is 9.38. The van der Waals surface area contributed by atoms with Crippen molar-refractivity contribution in [2.24, 2.45) is 5.10 Å². The number of benzene rings is 3. The van der Waals surface area contributed by atoms with Crippen molar-refractivity contribution in [1.82, 2.24) is 5.43 Å². The predicted molar refractivity (Wildman–Crippen MR) is 142 cm³/mol. The summed E-state index contributed by atoms with van der Waals surface area (Å²) < 4.78 is 18.0. The maximum Gasteiger partial charge on any atom is 0.244 e. The van der Waals surface area contributed by atoms with Gasteiger partial charge in [0.25, 0.3) is 0 Å². The van der Waals surface area contributed by atoms with Crippen LogP contribution in [-0.2, 0) is 17.8 Å². The third kappa shape index (κ3) is 6.88. The molecule has 3 aromatic carbocycles. The molecular formula is C24H20Br2Cl2N2O4. The smallest absolute Gasteiger partial charge is 0.244 e. The Morgan fingerprint density at radius 1 is 1.00 bits per heavy atom. The molecule has 0 heterocycles. The number of carbonyl (C=O) groups excluding carboxylic acids is 1. The van der Waals surface area contributed by atoms with Crippen LogP contribution in [0, 0.1) is 0 Å². The summed E-state index contributed by atoms with van der Waals surface area (Å²) in [5, 5.41) is 5.00. The van der Waals surface area contributed by atoms with Gasteiger partial charge >= 0.3 is 0 Å². The van der Waals surface area contributed by atoms with Crippen LogP contribution in [0.25, 0.3) is 0 Å². The van der Waals surface area contributed by atoms with E-state index in [0.29, 0.717) is 41.8 Å². The number of hydrogen-bond donors (Lipinski definition) is 1. The zero-order valence-electron chi connectivity index (χ0n) is 18.2. The zero-order valence-corrected chi connectivity index (χ0v) is 22.9. The average molecular weight is 631 g/mol. The molecule has 0 aliphatic heterocycles. The highest BCUT2D eigenvalue weighted by molar-refractivity contribution is 9.13. The molecule has 0 aliphatic rings. The van der Waals surface area contributed by atoms with E-state index in [-0.39, 0.29) is 18.9 Å². The van der Waals surface area contributed by atoms with Gasteiger partial charge in [-0.1, -0.05) is 41.4 Å². The van der Waals surface area contributed by atoms with Crippen molar-refractivity contribution in [3.8, 4) is 17.2 Å². The van der Waals surface area contributed by atoms with Gasteiger partial charge in [0.2, 0.25) is 5.91 Å². The molecule has 0 fully saturated rings. The van der Waals surface area contributed by atoms with E-state index in [0.717, 1.165) is 11.1 Å². The number of ether oxygens (including phenoxy) is 3. The van der Waals surface area contributed by atoms with Gasteiger partial charge in [-0.05, 0) is 73.3 Å². The number of halogens is 4. The molecule has 3 rings (SSSR count). The molecule has 0 radical (unpaired) electrons. The fraction of sp³-hybridized carbons (Fsp3) is 0.167. The van der Waals surface area contributed by atoms with E-state index in [9.17, 15) is 4.79 Å². The minimum Gasteiger partial charge on any atom is -0.497 e. The molecule has 0 saturated carbocycles. The Labute approximate surface area is 224 Å². The number of amides is 1. The molecule has 0 aromatic heterocycles. The van der Waals surface area contributed by atoms with Gasteiger partial charge in [-0.15, -0.1) is 0 Å². The second-order valence-electron chi connectivity index (χ2n) is 6.98. The van der Waals surface area contributed by atoms with Crippen LogP contribution in [0.2, 0.25) is 10.0 Å². The molecule has 1 amide bonds. The minimum atomic E-state index is -0.256. The van der Waals surface area contributed by atoms with Crippen LogP contribution in [0.5, 0.6) is 17.2 Å². The van der Waals surface area contributed by atoms with Crippen molar-refractivity contribution in [1.29, 1.82) is 0 Å². The lowest BCUT2D eigenvalue weighted by Crippen LogP contribution is -2.19. The van der Waals surface area contributed by atoms with E-state index in [1.54, 1.807) is 38.5 Å². The summed E-state index contributed by atoms with van der Waals surface area (Å²) in [6.45, 7) is 0.256. The summed E-state index contributed by atoms with van der Waals surface area (Å²) >= 11 is 19.1.